The van der Waals surface area contributed by atoms with Crippen molar-refractivity contribution in [1.29, 1.82) is 5.26 Å². The smallest absolute Gasteiger partial charge is 0.291 e. The molecule has 2 aliphatic rings. The molecule has 1 aromatic heterocycles. The number of ether oxygens (including phenoxy) is 1. The monoisotopic (exact) mass is 654 g/mol. The van der Waals surface area contributed by atoms with E-state index in [2.05, 4.69) is 25.8 Å². The quantitative estimate of drug-likeness (QED) is 0.303. The van der Waals surface area contributed by atoms with Crippen molar-refractivity contribution in [3.8, 4) is 23.1 Å². The molecule has 12 nitrogen and oxygen atoms in total. The highest BCUT2D eigenvalue weighted by Gasteiger charge is 2.26. The van der Waals surface area contributed by atoms with Crippen molar-refractivity contribution in [3.05, 3.63) is 64.6 Å². The zero-order valence-electron chi connectivity index (χ0n) is 25.1. The third-order valence-electron chi connectivity index (χ3n) is 8.03. The van der Waals surface area contributed by atoms with E-state index in [9.17, 15) is 23.2 Å². The first-order chi connectivity index (χ1) is 22.2. The Morgan fingerprint density at radius 1 is 1.15 bits per heavy atom. The number of rotatable bonds is 10. The Labute approximate surface area is 269 Å². The lowest BCUT2D eigenvalue weighted by Gasteiger charge is -2.35. The zero-order valence-corrected chi connectivity index (χ0v) is 25.9. The highest BCUT2D eigenvalue weighted by Crippen LogP contribution is 2.30. The second kappa shape index (κ2) is 14.7. The van der Waals surface area contributed by atoms with Gasteiger partial charge in [0, 0.05) is 57.6 Å². The number of amides is 3. The van der Waals surface area contributed by atoms with Crippen LogP contribution in [0.3, 0.4) is 0 Å². The van der Waals surface area contributed by atoms with Crippen molar-refractivity contribution in [2.75, 3.05) is 57.7 Å². The number of nitrogens with one attached hydrogen (secondary N) is 3. The number of hydrogen-bond donors (Lipinski definition) is 3. The maximum Gasteiger partial charge on any atom is 0.291 e. The number of halogens is 3. The van der Waals surface area contributed by atoms with E-state index in [1.807, 2.05) is 0 Å². The molecule has 46 heavy (non-hydrogen) atoms. The Morgan fingerprint density at radius 3 is 2.63 bits per heavy atom. The maximum atomic E-state index is 14.8. The fraction of sp³-hybridized carbons (Fsp3) is 0.387. The molecule has 2 aromatic carbocycles. The van der Waals surface area contributed by atoms with Crippen molar-refractivity contribution in [2.24, 2.45) is 7.05 Å². The Morgan fingerprint density at radius 2 is 1.93 bits per heavy atom. The molecule has 15 heteroatoms. The van der Waals surface area contributed by atoms with Crippen LogP contribution >= 0.6 is 11.6 Å². The van der Waals surface area contributed by atoms with Gasteiger partial charge in [-0.25, -0.2) is 9.37 Å². The molecule has 3 aromatic rings. The van der Waals surface area contributed by atoms with Gasteiger partial charge in [0.2, 0.25) is 11.7 Å². The van der Waals surface area contributed by atoms with Crippen LogP contribution in [0.1, 0.15) is 33.8 Å². The van der Waals surface area contributed by atoms with E-state index >= 15 is 0 Å². The Kier molecular flexibility index (Phi) is 10.5. The summed E-state index contributed by atoms with van der Waals surface area (Å²) in [7, 11) is 1.48. The van der Waals surface area contributed by atoms with E-state index < -0.39 is 29.9 Å². The Hall–Kier alpha value is -4.58. The summed E-state index contributed by atoms with van der Waals surface area (Å²) in [6.45, 7) is 4.01. The van der Waals surface area contributed by atoms with Crippen LogP contribution in [0, 0.1) is 23.0 Å². The van der Waals surface area contributed by atoms with E-state index in [0.717, 1.165) is 19.4 Å². The minimum Gasteiger partial charge on any atom is -0.476 e. The molecule has 5 rings (SSSR count). The molecule has 0 bridgehead atoms. The van der Waals surface area contributed by atoms with Crippen LogP contribution in [0.5, 0.6) is 5.75 Å². The third-order valence-corrected chi connectivity index (χ3v) is 8.34. The molecule has 0 aliphatic carbocycles. The summed E-state index contributed by atoms with van der Waals surface area (Å²) in [6, 6.07) is 8.60. The second-order valence-electron chi connectivity index (χ2n) is 10.9. The van der Waals surface area contributed by atoms with Gasteiger partial charge in [-0.3, -0.25) is 19.3 Å². The zero-order chi connectivity index (χ0) is 32.8. The number of anilines is 1. The van der Waals surface area contributed by atoms with Crippen molar-refractivity contribution < 1.29 is 27.9 Å². The van der Waals surface area contributed by atoms with Crippen molar-refractivity contribution >= 4 is 35.0 Å². The Bertz CT molecular complexity index is 1660. The predicted molar refractivity (Wildman–Crippen MR) is 165 cm³/mol. The molecular weight excluding hydrogens is 622 g/mol. The summed E-state index contributed by atoms with van der Waals surface area (Å²) in [5.74, 6) is -3.78. The lowest BCUT2D eigenvalue weighted by atomic mass is 10.1. The summed E-state index contributed by atoms with van der Waals surface area (Å²) < 4.78 is 35.5. The Balaban J connectivity index is 1.15. The first-order valence-electron chi connectivity index (χ1n) is 14.8. The molecule has 0 spiro atoms. The number of carbonyl (C=O) groups is 3. The van der Waals surface area contributed by atoms with Gasteiger partial charge in [-0.15, -0.1) is 0 Å². The molecule has 2 saturated heterocycles. The fourth-order valence-electron chi connectivity index (χ4n) is 5.49. The van der Waals surface area contributed by atoms with Crippen molar-refractivity contribution in [1.82, 2.24) is 30.0 Å². The molecule has 3 heterocycles. The van der Waals surface area contributed by atoms with E-state index in [4.69, 9.17) is 21.6 Å². The highest BCUT2D eigenvalue weighted by molar-refractivity contribution is 6.34. The van der Waals surface area contributed by atoms with Crippen LogP contribution in [0.25, 0.3) is 11.3 Å². The molecule has 2 aliphatic heterocycles. The van der Waals surface area contributed by atoms with Gasteiger partial charge >= 0.3 is 0 Å². The van der Waals surface area contributed by atoms with Crippen LogP contribution in [0.2, 0.25) is 5.02 Å². The molecule has 0 radical (unpaired) electrons. The topological polar surface area (TPSA) is 145 Å². The number of benzene rings is 2. The second-order valence-corrected chi connectivity index (χ2v) is 11.3. The van der Waals surface area contributed by atoms with Gasteiger partial charge in [0.15, 0.2) is 24.0 Å². The number of hydrogen-bond acceptors (Lipinski definition) is 8. The third kappa shape index (κ3) is 7.28. The minimum absolute atomic E-state index is 0.0310. The largest absolute Gasteiger partial charge is 0.476 e. The van der Waals surface area contributed by atoms with Gasteiger partial charge in [-0.05, 0) is 49.7 Å². The number of carbonyl (C=O) groups excluding carboxylic acids is 3. The van der Waals surface area contributed by atoms with Gasteiger partial charge in [0.1, 0.15) is 6.07 Å². The number of aromatic nitrogens is 2. The van der Waals surface area contributed by atoms with Crippen LogP contribution in [-0.2, 0) is 11.8 Å². The molecule has 1 atom stereocenters. The van der Waals surface area contributed by atoms with Crippen molar-refractivity contribution in [3.63, 3.8) is 0 Å². The molecule has 242 valence electrons. The first kappa shape index (κ1) is 32.8. The average molecular weight is 655 g/mol. The summed E-state index contributed by atoms with van der Waals surface area (Å²) >= 11 is 6.47. The van der Waals surface area contributed by atoms with Crippen molar-refractivity contribution in [2.45, 2.75) is 18.9 Å². The van der Waals surface area contributed by atoms with Gasteiger partial charge in [-0.2, -0.15) is 9.65 Å². The number of nitrogens with zero attached hydrogens (tertiary/aromatic N) is 5. The maximum absolute atomic E-state index is 14.8. The van der Waals surface area contributed by atoms with E-state index in [1.54, 1.807) is 17.0 Å². The van der Waals surface area contributed by atoms with Crippen LogP contribution in [-0.4, -0.2) is 95.5 Å². The number of nitriles is 1. The molecular formula is C31H33ClF2N8O4. The average Bonchev–Trinajstić information content (AvgIpc) is 3.73. The molecule has 2 fully saturated rings. The fourth-order valence-corrected chi connectivity index (χ4v) is 5.75. The highest BCUT2D eigenvalue weighted by atomic mass is 35.5. The van der Waals surface area contributed by atoms with E-state index in [1.165, 1.54) is 42.1 Å². The van der Waals surface area contributed by atoms with Crippen LogP contribution in [0.15, 0.2) is 36.5 Å². The first-order valence-corrected chi connectivity index (χ1v) is 15.2. The minimum atomic E-state index is -1.26. The molecule has 0 unspecified atom stereocenters. The molecule has 0 saturated carbocycles. The van der Waals surface area contributed by atoms with E-state index in [-0.39, 0.29) is 40.0 Å². The lowest BCUT2D eigenvalue weighted by molar-refractivity contribution is -0.122. The molecule has 3 N–H and O–H groups in total. The van der Waals surface area contributed by atoms with Gasteiger partial charge in [0.05, 0.1) is 28.5 Å². The number of imidazole rings is 1. The predicted octanol–water partition coefficient (Wildman–Crippen LogP) is 2.80. The summed E-state index contributed by atoms with van der Waals surface area (Å²) in [5.41, 5.74) is 0.597. The lowest BCUT2D eigenvalue weighted by Crippen LogP contribution is -2.51. The summed E-state index contributed by atoms with van der Waals surface area (Å²) in [6.07, 6.45) is 3.10. The standard InChI is InChI=1S/C31H33ClF2N8O4/c1-40-24(21-6-7-25(46-16-8-35)27(34)26(21)33)18-38-28(40)30(44)39-19-4-5-20(22(32)17-19)31(45)42-14-12-41(13-15-42)11-10-37-29(43)23-3-2-9-36-23/h4-7,17-18,23,36H,2-3,9-16H2,1H3,(H,37,43)(H,39,44)/t23-/m1/s1. The van der Waals surface area contributed by atoms with E-state index in [0.29, 0.717) is 50.5 Å². The van der Waals surface area contributed by atoms with Gasteiger partial charge < -0.3 is 30.2 Å². The molecule has 3 amide bonds. The SMILES string of the molecule is Cn1c(-c2ccc(OCC#N)c(F)c2F)cnc1C(=O)Nc1ccc(C(=O)N2CCN(CCNC(=O)[C@H]3CCCN3)CC2)c(Cl)c1. The number of piperazine rings is 1. The summed E-state index contributed by atoms with van der Waals surface area (Å²) in [4.78, 5) is 46.4. The van der Waals surface area contributed by atoms with Crippen LogP contribution < -0.4 is 20.7 Å². The van der Waals surface area contributed by atoms with Gasteiger partial charge in [-0.1, -0.05) is 11.6 Å². The summed E-state index contributed by atoms with van der Waals surface area (Å²) in [5, 5.41) is 17.6. The van der Waals surface area contributed by atoms with Gasteiger partial charge in [0.25, 0.3) is 11.8 Å². The van der Waals surface area contributed by atoms with Crippen LogP contribution in [0.4, 0.5) is 14.5 Å². The normalized spacial score (nSPS) is 16.6.